The number of rotatable bonds is 8. The first-order valence-electron chi connectivity index (χ1n) is 23.1. The number of benzene rings is 8. The Morgan fingerprint density at radius 1 is 0.371 bits per heavy atom. The van der Waals surface area contributed by atoms with Gasteiger partial charge < -0.3 is 4.90 Å². The molecule has 0 radical (unpaired) electrons. The van der Waals surface area contributed by atoms with E-state index in [9.17, 15) is 0 Å². The first-order valence-corrected chi connectivity index (χ1v) is 23.1. The zero-order chi connectivity index (χ0) is 41.4. The van der Waals surface area contributed by atoms with E-state index < -0.39 is 0 Å². The van der Waals surface area contributed by atoms with E-state index in [4.69, 9.17) is 0 Å². The minimum atomic E-state index is -0.149. The molecule has 0 atom stereocenters. The highest BCUT2D eigenvalue weighted by molar-refractivity contribution is 5.95. The van der Waals surface area contributed by atoms with Crippen LogP contribution in [0, 0.1) is 23.7 Å². The Kier molecular flexibility index (Phi) is 8.96. The average Bonchev–Trinajstić information content (AvgIpc) is 3.55. The van der Waals surface area contributed by atoms with Crippen molar-refractivity contribution in [2.75, 3.05) is 4.90 Å². The second kappa shape index (κ2) is 14.9. The van der Waals surface area contributed by atoms with Crippen molar-refractivity contribution < 1.29 is 0 Å². The Hall–Kier alpha value is -6.44. The van der Waals surface area contributed by atoms with Crippen LogP contribution in [0.5, 0.6) is 0 Å². The van der Waals surface area contributed by atoms with E-state index >= 15 is 0 Å². The van der Waals surface area contributed by atoms with Crippen LogP contribution in [0.4, 0.5) is 17.1 Å². The largest absolute Gasteiger partial charge is 0.310 e. The molecular formula is C61H53N. The summed E-state index contributed by atoms with van der Waals surface area (Å²) < 4.78 is 0. The molecule has 13 rings (SSSR count). The van der Waals surface area contributed by atoms with Crippen molar-refractivity contribution in [1.29, 1.82) is 0 Å². The summed E-state index contributed by atoms with van der Waals surface area (Å²) in [5.41, 5.74) is 20.5. The molecule has 4 fully saturated rings. The highest BCUT2D eigenvalue weighted by atomic mass is 15.1. The second-order valence-corrected chi connectivity index (χ2v) is 19.3. The minimum Gasteiger partial charge on any atom is -0.310 e. The lowest BCUT2D eigenvalue weighted by Gasteiger charge is -2.54. The quantitative estimate of drug-likeness (QED) is 0.148. The Bertz CT molecular complexity index is 2890. The fraction of sp³-hybridized carbons (Fsp3) is 0.213. The van der Waals surface area contributed by atoms with Gasteiger partial charge in [0.1, 0.15) is 0 Å². The van der Waals surface area contributed by atoms with Crippen LogP contribution in [0.25, 0.3) is 55.6 Å². The van der Waals surface area contributed by atoms with Gasteiger partial charge in [-0.2, -0.15) is 0 Å². The smallest absolute Gasteiger partial charge is 0.0465 e. The molecule has 1 heteroatoms. The topological polar surface area (TPSA) is 3.24 Å². The Labute approximate surface area is 367 Å². The van der Waals surface area contributed by atoms with Crippen molar-refractivity contribution in [1.82, 2.24) is 0 Å². The van der Waals surface area contributed by atoms with Crippen LogP contribution in [0.15, 0.2) is 194 Å². The summed E-state index contributed by atoms with van der Waals surface area (Å²) >= 11 is 0. The van der Waals surface area contributed by atoms with E-state index in [0.29, 0.717) is 0 Å². The molecule has 4 saturated carbocycles. The fourth-order valence-corrected chi connectivity index (χ4v) is 12.9. The lowest BCUT2D eigenvalue weighted by Crippen LogP contribution is -2.43. The maximum absolute atomic E-state index is 2.50. The molecule has 0 unspecified atom stereocenters. The number of fused-ring (bicyclic) bond motifs is 3. The molecule has 0 amide bonds. The van der Waals surface area contributed by atoms with Gasteiger partial charge in [0.05, 0.1) is 0 Å². The van der Waals surface area contributed by atoms with E-state index in [1.54, 1.807) is 5.56 Å². The van der Waals surface area contributed by atoms with Gasteiger partial charge in [-0.15, -0.1) is 0 Å². The molecule has 4 bridgehead atoms. The number of hydrogen-bond acceptors (Lipinski definition) is 1. The van der Waals surface area contributed by atoms with Gasteiger partial charge in [-0.05, 0) is 170 Å². The van der Waals surface area contributed by atoms with Gasteiger partial charge in [-0.25, -0.2) is 0 Å². The summed E-state index contributed by atoms with van der Waals surface area (Å²) in [5.74, 6) is 4.41. The predicted molar refractivity (Wildman–Crippen MR) is 260 cm³/mol. The second-order valence-electron chi connectivity index (χ2n) is 19.3. The summed E-state index contributed by atoms with van der Waals surface area (Å²) in [5, 5.41) is 0. The SMILES string of the molecule is CC1(C)c2cc(N(c3ccc(-c4ccccc4-c4ccccc4-c4ccccc4)cc3)c3ccc(C4C5CC6CC(C5)CC4C6)cc3)ccc2-c2c(-c3ccccc3)cccc21. The van der Waals surface area contributed by atoms with Crippen LogP contribution in [0.2, 0.25) is 0 Å². The van der Waals surface area contributed by atoms with Gasteiger partial charge in [0.25, 0.3) is 0 Å². The molecule has 62 heavy (non-hydrogen) atoms. The van der Waals surface area contributed by atoms with Gasteiger partial charge in [-0.3, -0.25) is 0 Å². The molecule has 0 spiro atoms. The van der Waals surface area contributed by atoms with Gasteiger partial charge in [0, 0.05) is 22.5 Å². The molecule has 0 aromatic heterocycles. The molecule has 5 aliphatic carbocycles. The lowest BCUT2D eigenvalue weighted by atomic mass is 9.51. The maximum Gasteiger partial charge on any atom is 0.0465 e. The summed E-state index contributed by atoms with van der Waals surface area (Å²) in [7, 11) is 0. The van der Waals surface area contributed by atoms with Crippen LogP contribution in [0.3, 0.4) is 0 Å². The summed E-state index contributed by atoms with van der Waals surface area (Å²) in [6.07, 6.45) is 7.27. The van der Waals surface area contributed by atoms with E-state index in [1.165, 1.54) is 110 Å². The molecule has 302 valence electrons. The third-order valence-electron chi connectivity index (χ3n) is 15.5. The van der Waals surface area contributed by atoms with Crippen molar-refractivity contribution in [2.24, 2.45) is 23.7 Å². The van der Waals surface area contributed by atoms with Gasteiger partial charge in [-0.1, -0.05) is 172 Å². The standard InChI is InChI=1S/C61H53N/c1-61(2)57-23-13-22-53(43-16-7-4-8-17-43)60(57)56-33-32-50(39-58(56)61)62(49-30-26-45(27-31-49)59-46-35-40-34-41(37-46)38-47(59)36-40)48-28-24-44(25-29-48)52-19-10-12-21-55(52)54-20-11-9-18-51(54)42-14-5-3-6-15-42/h3-33,39-41,46-47,59H,34-38H2,1-2H3. The Morgan fingerprint density at radius 2 is 0.839 bits per heavy atom. The molecule has 8 aromatic rings. The number of hydrogen-bond donors (Lipinski definition) is 0. The number of anilines is 3. The van der Waals surface area contributed by atoms with Crippen LogP contribution in [-0.4, -0.2) is 0 Å². The van der Waals surface area contributed by atoms with E-state index in [1.807, 2.05) is 0 Å². The monoisotopic (exact) mass is 799 g/mol. The molecule has 0 N–H and O–H groups in total. The molecular weight excluding hydrogens is 747 g/mol. The Morgan fingerprint density at radius 3 is 1.42 bits per heavy atom. The third-order valence-corrected chi connectivity index (χ3v) is 15.5. The van der Waals surface area contributed by atoms with Gasteiger partial charge >= 0.3 is 0 Å². The molecule has 0 aliphatic heterocycles. The zero-order valence-corrected chi connectivity index (χ0v) is 35.8. The van der Waals surface area contributed by atoms with Crippen molar-refractivity contribution >= 4 is 17.1 Å². The molecule has 8 aromatic carbocycles. The van der Waals surface area contributed by atoms with E-state index in [0.717, 1.165) is 35.3 Å². The van der Waals surface area contributed by atoms with E-state index in [-0.39, 0.29) is 5.41 Å². The normalized spacial score (nSPS) is 21.4. The lowest BCUT2D eigenvalue weighted by molar-refractivity contribution is -0.00277. The average molecular weight is 800 g/mol. The van der Waals surface area contributed by atoms with Crippen LogP contribution in [-0.2, 0) is 5.41 Å². The van der Waals surface area contributed by atoms with E-state index in [2.05, 4.69) is 213 Å². The summed E-state index contributed by atoms with van der Waals surface area (Å²) in [6.45, 7) is 4.81. The van der Waals surface area contributed by atoms with Crippen LogP contribution in [0.1, 0.15) is 68.6 Å². The number of nitrogens with zero attached hydrogens (tertiary/aromatic N) is 1. The predicted octanol–water partition coefficient (Wildman–Crippen LogP) is 16.7. The van der Waals surface area contributed by atoms with Crippen molar-refractivity contribution in [3.05, 3.63) is 211 Å². The Balaban J connectivity index is 0.953. The molecule has 5 aliphatic rings. The summed E-state index contributed by atoms with van der Waals surface area (Å²) in [6, 6.07) is 72.6. The molecule has 0 saturated heterocycles. The van der Waals surface area contributed by atoms with Crippen LogP contribution < -0.4 is 4.90 Å². The van der Waals surface area contributed by atoms with Crippen molar-refractivity contribution in [2.45, 2.75) is 57.3 Å². The maximum atomic E-state index is 2.50. The highest BCUT2D eigenvalue weighted by Crippen LogP contribution is 2.60. The minimum absolute atomic E-state index is 0.149. The van der Waals surface area contributed by atoms with Crippen LogP contribution >= 0.6 is 0 Å². The zero-order valence-electron chi connectivity index (χ0n) is 35.8. The fourth-order valence-electron chi connectivity index (χ4n) is 12.9. The third kappa shape index (κ3) is 6.19. The van der Waals surface area contributed by atoms with Gasteiger partial charge in [0.15, 0.2) is 0 Å². The molecule has 1 nitrogen and oxygen atoms in total. The summed E-state index contributed by atoms with van der Waals surface area (Å²) in [4.78, 5) is 2.50. The first kappa shape index (κ1) is 37.3. The van der Waals surface area contributed by atoms with Gasteiger partial charge in [0.2, 0.25) is 0 Å². The van der Waals surface area contributed by atoms with Crippen molar-refractivity contribution in [3.63, 3.8) is 0 Å². The first-order chi connectivity index (χ1) is 30.5. The van der Waals surface area contributed by atoms with Crippen molar-refractivity contribution in [3.8, 4) is 55.6 Å². The molecule has 0 heterocycles. The highest BCUT2D eigenvalue weighted by Gasteiger charge is 2.48.